The molecule has 0 saturated carbocycles. The molecule has 3 heteroatoms. The lowest BCUT2D eigenvalue weighted by Crippen LogP contribution is -1.87. The molecule has 0 amide bonds. The van der Waals surface area contributed by atoms with E-state index in [-0.39, 0.29) is 0 Å². The van der Waals surface area contributed by atoms with E-state index in [2.05, 4.69) is 20.9 Å². The van der Waals surface area contributed by atoms with E-state index in [0.717, 1.165) is 21.1 Å². The fourth-order valence-corrected chi connectivity index (χ4v) is 1.72. The Kier molecular flexibility index (Phi) is 2.19. The van der Waals surface area contributed by atoms with Gasteiger partial charge in [-0.2, -0.15) is 0 Å². The van der Waals surface area contributed by atoms with Crippen molar-refractivity contribution >= 4 is 26.8 Å². The molecule has 2 aromatic rings. The van der Waals surface area contributed by atoms with Crippen molar-refractivity contribution in [3.8, 4) is 5.75 Å². The van der Waals surface area contributed by atoms with E-state index < -0.39 is 0 Å². The molecule has 66 valence electrons. The highest BCUT2D eigenvalue weighted by Crippen LogP contribution is 2.28. The van der Waals surface area contributed by atoms with E-state index in [1.807, 2.05) is 24.3 Å². The number of para-hydroxylation sites is 1. The van der Waals surface area contributed by atoms with Crippen molar-refractivity contribution in [1.82, 2.24) is 4.98 Å². The molecule has 1 aromatic heterocycles. The second-order valence-electron chi connectivity index (χ2n) is 2.65. The first-order valence-electron chi connectivity index (χ1n) is 3.90. The SMILES string of the molecule is COc1cccc2c(Br)ccnc12. The number of methoxy groups -OCH3 is 1. The van der Waals surface area contributed by atoms with Crippen LogP contribution in [0.3, 0.4) is 0 Å². The minimum atomic E-state index is 0.804. The minimum absolute atomic E-state index is 0.804. The average Bonchev–Trinajstić information content (AvgIpc) is 2.18. The molecule has 1 heterocycles. The summed E-state index contributed by atoms with van der Waals surface area (Å²) in [6, 6.07) is 7.78. The van der Waals surface area contributed by atoms with E-state index in [4.69, 9.17) is 4.74 Å². The van der Waals surface area contributed by atoms with Crippen LogP contribution in [0.15, 0.2) is 34.9 Å². The molecule has 1 aromatic carbocycles. The zero-order valence-electron chi connectivity index (χ0n) is 7.12. The van der Waals surface area contributed by atoms with Gasteiger partial charge in [0.05, 0.1) is 7.11 Å². The van der Waals surface area contributed by atoms with E-state index >= 15 is 0 Å². The summed E-state index contributed by atoms with van der Waals surface area (Å²) in [4.78, 5) is 4.26. The number of aromatic nitrogens is 1. The minimum Gasteiger partial charge on any atom is -0.494 e. The molecule has 13 heavy (non-hydrogen) atoms. The Morgan fingerprint density at radius 2 is 2.15 bits per heavy atom. The van der Waals surface area contributed by atoms with Crippen molar-refractivity contribution < 1.29 is 4.74 Å². The fourth-order valence-electron chi connectivity index (χ4n) is 1.28. The molecule has 0 bridgehead atoms. The molecule has 0 spiro atoms. The summed E-state index contributed by atoms with van der Waals surface area (Å²) in [6.45, 7) is 0. The first-order valence-corrected chi connectivity index (χ1v) is 4.69. The second kappa shape index (κ2) is 3.34. The maximum atomic E-state index is 5.20. The van der Waals surface area contributed by atoms with E-state index in [1.54, 1.807) is 13.3 Å². The van der Waals surface area contributed by atoms with Crippen LogP contribution in [0.4, 0.5) is 0 Å². The molecule has 0 N–H and O–H groups in total. The Hall–Kier alpha value is -1.09. The molecule has 0 unspecified atom stereocenters. The van der Waals surface area contributed by atoms with E-state index in [1.165, 1.54) is 0 Å². The predicted octanol–water partition coefficient (Wildman–Crippen LogP) is 3.01. The van der Waals surface area contributed by atoms with Gasteiger partial charge in [-0.15, -0.1) is 0 Å². The number of ether oxygens (including phenoxy) is 1. The van der Waals surface area contributed by atoms with Crippen LogP contribution in [0.2, 0.25) is 0 Å². The van der Waals surface area contributed by atoms with Crippen LogP contribution in [0.1, 0.15) is 0 Å². The fraction of sp³-hybridized carbons (Fsp3) is 0.100. The van der Waals surface area contributed by atoms with Gasteiger partial charge in [0.2, 0.25) is 0 Å². The Labute approximate surface area is 84.7 Å². The maximum Gasteiger partial charge on any atom is 0.145 e. The molecule has 0 aliphatic rings. The molecule has 0 fully saturated rings. The molecule has 2 rings (SSSR count). The van der Waals surface area contributed by atoms with Crippen LogP contribution in [0, 0.1) is 0 Å². The zero-order chi connectivity index (χ0) is 9.26. The summed E-state index contributed by atoms with van der Waals surface area (Å²) in [5.74, 6) is 0.804. The highest BCUT2D eigenvalue weighted by atomic mass is 79.9. The van der Waals surface area contributed by atoms with Gasteiger partial charge in [-0.25, -0.2) is 0 Å². The van der Waals surface area contributed by atoms with Crippen molar-refractivity contribution in [2.75, 3.05) is 7.11 Å². The third-order valence-corrected chi connectivity index (χ3v) is 2.59. The third-order valence-electron chi connectivity index (χ3n) is 1.90. The number of fused-ring (bicyclic) bond motifs is 1. The monoisotopic (exact) mass is 237 g/mol. The lowest BCUT2D eigenvalue weighted by molar-refractivity contribution is 0.419. The molecule has 0 aliphatic heterocycles. The Morgan fingerprint density at radius 1 is 1.31 bits per heavy atom. The van der Waals surface area contributed by atoms with E-state index in [0.29, 0.717) is 0 Å². The zero-order valence-corrected chi connectivity index (χ0v) is 8.71. The number of pyridine rings is 1. The number of halogens is 1. The van der Waals surface area contributed by atoms with Gasteiger partial charge < -0.3 is 4.74 Å². The van der Waals surface area contributed by atoms with Gasteiger partial charge >= 0.3 is 0 Å². The second-order valence-corrected chi connectivity index (χ2v) is 3.50. The molecule has 0 aliphatic carbocycles. The number of rotatable bonds is 1. The summed E-state index contributed by atoms with van der Waals surface area (Å²) in [6.07, 6.45) is 1.76. The first kappa shape index (κ1) is 8.51. The average molecular weight is 238 g/mol. The number of benzene rings is 1. The molecule has 2 nitrogen and oxygen atoms in total. The first-order chi connectivity index (χ1) is 6.33. The predicted molar refractivity (Wildman–Crippen MR) is 56.0 cm³/mol. The Balaban J connectivity index is 2.84. The van der Waals surface area contributed by atoms with Crippen molar-refractivity contribution in [3.63, 3.8) is 0 Å². The van der Waals surface area contributed by atoms with Crippen molar-refractivity contribution in [2.24, 2.45) is 0 Å². The standard InChI is InChI=1S/C10H8BrNO/c1-13-9-4-2-3-7-8(11)5-6-12-10(7)9/h2-6H,1H3. The van der Waals surface area contributed by atoms with E-state index in [9.17, 15) is 0 Å². The lowest BCUT2D eigenvalue weighted by Gasteiger charge is -2.04. The quantitative estimate of drug-likeness (QED) is 0.761. The molecular weight excluding hydrogens is 230 g/mol. The van der Waals surface area contributed by atoms with Crippen LogP contribution in [-0.2, 0) is 0 Å². The highest BCUT2D eigenvalue weighted by molar-refractivity contribution is 9.10. The smallest absolute Gasteiger partial charge is 0.145 e. The van der Waals surface area contributed by atoms with Gasteiger partial charge in [-0.3, -0.25) is 4.98 Å². The van der Waals surface area contributed by atoms with Crippen molar-refractivity contribution in [3.05, 3.63) is 34.9 Å². The van der Waals surface area contributed by atoms with Gasteiger partial charge in [0.25, 0.3) is 0 Å². The van der Waals surface area contributed by atoms with Gasteiger partial charge in [-0.05, 0) is 12.1 Å². The Bertz CT molecular complexity index is 442. The third kappa shape index (κ3) is 1.40. The molecule has 0 saturated heterocycles. The summed E-state index contributed by atoms with van der Waals surface area (Å²) >= 11 is 3.46. The van der Waals surface area contributed by atoms with Crippen molar-refractivity contribution in [1.29, 1.82) is 0 Å². The highest BCUT2D eigenvalue weighted by Gasteiger charge is 2.03. The molecule has 0 radical (unpaired) electrons. The molecule has 0 atom stereocenters. The van der Waals surface area contributed by atoms with Crippen LogP contribution < -0.4 is 4.74 Å². The maximum absolute atomic E-state index is 5.20. The normalized spacial score (nSPS) is 10.3. The van der Waals surface area contributed by atoms with Crippen LogP contribution in [-0.4, -0.2) is 12.1 Å². The summed E-state index contributed by atoms with van der Waals surface area (Å²) in [5, 5.41) is 1.07. The summed E-state index contributed by atoms with van der Waals surface area (Å²) < 4.78 is 6.24. The summed E-state index contributed by atoms with van der Waals surface area (Å²) in [5.41, 5.74) is 0.888. The van der Waals surface area contributed by atoms with Crippen LogP contribution >= 0.6 is 15.9 Å². The topological polar surface area (TPSA) is 22.1 Å². The summed E-state index contributed by atoms with van der Waals surface area (Å²) in [7, 11) is 1.65. The Morgan fingerprint density at radius 3 is 2.92 bits per heavy atom. The van der Waals surface area contributed by atoms with Gasteiger partial charge in [0.1, 0.15) is 11.3 Å². The van der Waals surface area contributed by atoms with Gasteiger partial charge in [0, 0.05) is 16.1 Å². The number of hydrogen-bond acceptors (Lipinski definition) is 2. The van der Waals surface area contributed by atoms with Crippen LogP contribution in [0.25, 0.3) is 10.9 Å². The van der Waals surface area contributed by atoms with Gasteiger partial charge in [0.15, 0.2) is 0 Å². The van der Waals surface area contributed by atoms with Gasteiger partial charge in [-0.1, -0.05) is 28.1 Å². The largest absolute Gasteiger partial charge is 0.494 e. The molecular formula is C10H8BrNO. The van der Waals surface area contributed by atoms with Crippen molar-refractivity contribution in [2.45, 2.75) is 0 Å². The van der Waals surface area contributed by atoms with Crippen LogP contribution in [0.5, 0.6) is 5.75 Å². The number of nitrogens with zero attached hydrogens (tertiary/aromatic N) is 1. The number of hydrogen-bond donors (Lipinski definition) is 0. The lowest BCUT2D eigenvalue weighted by atomic mass is 10.2.